The van der Waals surface area contributed by atoms with Crippen molar-refractivity contribution in [3.8, 4) is 0 Å². The highest BCUT2D eigenvalue weighted by Gasteiger charge is 2.13. The molecule has 0 spiro atoms. The monoisotopic (exact) mass is 405 g/mol. The smallest absolute Gasteiger partial charge is 0.331 e. The Labute approximate surface area is 153 Å². The van der Waals surface area contributed by atoms with Crippen molar-refractivity contribution < 1.29 is 18.7 Å². The summed E-state index contributed by atoms with van der Waals surface area (Å²) in [7, 11) is 0. The van der Waals surface area contributed by atoms with Crippen LogP contribution in [-0.4, -0.2) is 18.5 Å². The van der Waals surface area contributed by atoms with E-state index in [1.807, 2.05) is 31.2 Å². The molecular formula is C19H17BrFNO3. The molecular weight excluding hydrogens is 389 g/mol. The molecule has 0 saturated heterocycles. The van der Waals surface area contributed by atoms with Crippen molar-refractivity contribution in [3.63, 3.8) is 0 Å². The Balaban J connectivity index is 1.81. The fraction of sp³-hybridized carbons (Fsp3) is 0.158. The van der Waals surface area contributed by atoms with E-state index in [0.717, 1.165) is 16.1 Å². The van der Waals surface area contributed by atoms with Crippen LogP contribution in [0.4, 0.5) is 4.39 Å². The molecule has 25 heavy (non-hydrogen) atoms. The van der Waals surface area contributed by atoms with Gasteiger partial charge in [-0.1, -0.05) is 46.3 Å². The molecule has 1 atom stereocenters. The molecule has 6 heteroatoms. The molecule has 2 rings (SSSR count). The number of carbonyl (C=O) groups is 2. The summed E-state index contributed by atoms with van der Waals surface area (Å²) >= 11 is 3.42. The van der Waals surface area contributed by atoms with Crippen molar-refractivity contribution >= 4 is 33.9 Å². The van der Waals surface area contributed by atoms with E-state index in [1.54, 1.807) is 6.07 Å². The van der Waals surface area contributed by atoms with E-state index in [9.17, 15) is 14.0 Å². The Bertz CT molecular complexity index is 792. The second-order valence-electron chi connectivity index (χ2n) is 5.31. The molecule has 2 aromatic rings. The maximum Gasteiger partial charge on any atom is 0.331 e. The number of rotatable bonds is 6. The van der Waals surface area contributed by atoms with Gasteiger partial charge >= 0.3 is 5.97 Å². The molecule has 0 heterocycles. The lowest BCUT2D eigenvalue weighted by molar-refractivity contribution is -0.144. The summed E-state index contributed by atoms with van der Waals surface area (Å²) < 4.78 is 18.8. The third kappa shape index (κ3) is 6.15. The maximum absolute atomic E-state index is 13.0. The first-order valence-electron chi connectivity index (χ1n) is 7.60. The minimum atomic E-state index is -0.673. The summed E-state index contributed by atoms with van der Waals surface area (Å²) in [6.45, 7) is 1.45. The summed E-state index contributed by atoms with van der Waals surface area (Å²) in [5.41, 5.74) is 1.46. The van der Waals surface area contributed by atoms with Crippen molar-refractivity contribution in [2.45, 2.75) is 13.0 Å². The second-order valence-corrected chi connectivity index (χ2v) is 6.16. The molecule has 1 amide bonds. The highest BCUT2D eigenvalue weighted by atomic mass is 79.9. The van der Waals surface area contributed by atoms with Gasteiger partial charge in [0, 0.05) is 10.5 Å². The normalized spacial score (nSPS) is 12.0. The number of hydrogen-bond acceptors (Lipinski definition) is 3. The van der Waals surface area contributed by atoms with Gasteiger partial charge in [-0.3, -0.25) is 4.79 Å². The lowest BCUT2D eigenvalue weighted by Crippen LogP contribution is -2.31. The van der Waals surface area contributed by atoms with Crippen molar-refractivity contribution in [1.29, 1.82) is 0 Å². The SMILES string of the molecule is C[C@H](NC(=O)COC(=O)/C=C/c1cccc(F)c1)c1ccccc1Br. The van der Waals surface area contributed by atoms with Gasteiger partial charge in [-0.25, -0.2) is 9.18 Å². The van der Waals surface area contributed by atoms with E-state index in [-0.39, 0.29) is 12.6 Å². The number of nitrogens with one attached hydrogen (secondary N) is 1. The van der Waals surface area contributed by atoms with Crippen molar-refractivity contribution in [2.24, 2.45) is 0 Å². The second kappa shape index (κ2) is 9.13. The molecule has 0 aromatic heterocycles. The minimum absolute atomic E-state index is 0.232. The number of hydrogen-bond donors (Lipinski definition) is 1. The number of carbonyl (C=O) groups excluding carboxylic acids is 2. The number of amides is 1. The van der Waals surface area contributed by atoms with Crippen LogP contribution in [0.15, 0.2) is 59.1 Å². The Morgan fingerprint density at radius 3 is 2.72 bits per heavy atom. The molecule has 0 saturated carbocycles. The molecule has 0 aliphatic heterocycles. The number of halogens is 2. The van der Waals surface area contributed by atoms with Crippen LogP contribution >= 0.6 is 15.9 Å². The van der Waals surface area contributed by atoms with Gasteiger partial charge in [0.25, 0.3) is 5.91 Å². The van der Waals surface area contributed by atoms with Crippen LogP contribution in [0, 0.1) is 5.82 Å². The van der Waals surface area contributed by atoms with Crippen LogP contribution < -0.4 is 5.32 Å². The third-order valence-electron chi connectivity index (χ3n) is 3.36. The number of esters is 1. The van der Waals surface area contributed by atoms with Gasteiger partial charge < -0.3 is 10.1 Å². The van der Waals surface area contributed by atoms with Gasteiger partial charge in [-0.2, -0.15) is 0 Å². The van der Waals surface area contributed by atoms with Crippen molar-refractivity contribution in [3.05, 3.63) is 76.0 Å². The number of benzene rings is 2. The zero-order valence-electron chi connectivity index (χ0n) is 13.5. The van der Waals surface area contributed by atoms with E-state index in [1.165, 1.54) is 24.3 Å². The summed E-state index contributed by atoms with van der Waals surface area (Å²) in [5, 5.41) is 2.75. The van der Waals surface area contributed by atoms with Gasteiger partial charge in [-0.15, -0.1) is 0 Å². The first-order valence-corrected chi connectivity index (χ1v) is 8.39. The molecule has 0 unspecified atom stereocenters. The molecule has 0 aliphatic carbocycles. The molecule has 0 aliphatic rings. The van der Waals surface area contributed by atoms with E-state index < -0.39 is 17.7 Å². The fourth-order valence-electron chi connectivity index (χ4n) is 2.15. The summed E-state index contributed by atoms with van der Waals surface area (Å²) in [6.07, 6.45) is 2.58. The van der Waals surface area contributed by atoms with E-state index in [4.69, 9.17) is 4.74 Å². The van der Waals surface area contributed by atoms with Crippen molar-refractivity contribution in [2.75, 3.05) is 6.61 Å². The Hall–Kier alpha value is -2.47. The largest absolute Gasteiger partial charge is 0.452 e. The zero-order valence-corrected chi connectivity index (χ0v) is 15.1. The molecule has 2 aromatic carbocycles. The summed E-state index contributed by atoms with van der Waals surface area (Å²) in [4.78, 5) is 23.5. The maximum atomic E-state index is 13.0. The van der Waals surface area contributed by atoms with Gasteiger partial charge in [0.2, 0.25) is 0 Å². The minimum Gasteiger partial charge on any atom is -0.452 e. The molecule has 4 nitrogen and oxygen atoms in total. The predicted molar refractivity (Wildman–Crippen MR) is 97.1 cm³/mol. The Kier molecular flexibility index (Phi) is 6.89. The molecule has 0 radical (unpaired) electrons. The van der Waals surface area contributed by atoms with Crippen molar-refractivity contribution in [1.82, 2.24) is 5.32 Å². The lowest BCUT2D eigenvalue weighted by atomic mass is 10.1. The van der Waals surface area contributed by atoms with E-state index in [0.29, 0.717) is 5.56 Å². The van der Waals surface area contributed by atoms with Crippen LogP contribution in [-0.2, 0) is 14.3 Å². The Morgan fingerprint density at radius 1 is 1.24 bits per heavy atom. The molecule has 130 valence electrons. The molecule has 0 bridgehead atoms. The van der Waals surface area contributed by atoms with E-state index in [2.05, 4.69) is 21.2 Å². The molecule has 0 fully saturated rings. The number of ether oxygens (including phenoxy) is 1. The first-order chi connectivity index (χ1) is 12.0. The standard InChI is InChI=1S/C19H17BrFNO3/c1-13(16-7-2-3-8-17(16)20)22-18(23)12-25-19(24)10-9-14-5-4-6-15(21)11-14/h2-11,13H,12H2,1H3,(H,22,23)/b10-9+/t13-/m0/s1. The van der Waals surface area contributed by atoms with Crippen LogP contribution in [0.25, 0.3) is 6.08 Å². The average molecular weight is 406 g/mol. The Morgan fingerprint density at radius 2 is 2.00 bits per heavy atom. The quantitative estimate of drug-likeness (QED) is 0.583. The van der Waals surface area contributed by atoms with Crippen LogP contribution in [0.3, 0.4) is 0 Å². The van der Waals surface area contributed by atoms with Gasteiger partial charge in [0.05, 0.1) is 6.04 Å². The third-order valence-corrected chi connectivity index (χ3v) is 4.08. The molecule has 1 N–H and O–H groups in total. The first kappa shape index (κ1) is 18.9. The van der Waals surface area contributed by atoms with Gasteiger partial charge in [0.15, 0.2) is 6.61 Å². The zero-order chi connectivity index (χ0) is 18.2. The highest BCUT2D eigenvalue weighted by molar-refractivity contribution is 9.10. The predicted octanol–water partition coefficient (Wildman–Crippen LogP) is 4.02. The lowest BCUT2D eigenvalue weighted by Gasteiger charge is -2.15. The van der Waals surface area contributed by atoms with Gasteiger partial charge in [-0.05, 0) is 42.3 Å². The fourth-order valence-corrected chi connectivity index (χ4v) is 2.77. The average Bonchev–Trinajstić information content (AvgIpc) is 2.58. The topological polar surface area (TPSA) is 55.4 Å². The summed E-state index contributed by atoms with van der Waals surface area (Å²) in [6, 6.07) is 13.1. The van der Waals surface area contributed by atoms with E-state index >= 15 is 0 Å². The summed E-state index contributed by atoms with van der Waals surface area (Å²) in [5.74, 6) is -1.47. The van der Waals surface area contributed by atoms with Gasteiger partial charge in [0.1, 0.15) is 5.82 Å². The van der Waals surface area contributed by atoms with Crippen LogP contribution in [0.2, 0.25) is 0 Å². The van der Waals surface area contributed by atoms with Crippen LogP contribution in [0.1, 0.15) is 24.1 Å². The van der Waals surface area contributed by atoms with Crippen LogP contribution in [0.5, 0.6) is 0 Å². The highest BCUT2D eigenvalue weighted by Crippen LogP contribution is 2.22.